The van der Waals surface area contributed by atoms with Crippen molar-refractivity contribution in [1.29, 1.82) is 0 Å². The monoisotopic (exact) mass is 720 g/mol. The van der Waals surface area contributed by atoms with E-state index in [1.165, 1.54) is 111 Å². The van der Waals surface area contributed by atoms with E-state index in [-0.39, 0.29) is 0 Å². The predicted octanol–water partition coefficient (Wildman–Crippen LogP) is 15.0. The maximum Gasteiger partial charge on any atom is 0.0725 e. The lowest BCUT2D eigenvalue weighted by Gasteiger charge is -2.30. The average molecular weight is 721 g/mol. The van der Waals surface area contributed by atoms with Crippen molar-refractivity contribution in [3.63, 3.8) is 0 Å². The van der Waals surface area contributed by atoms with E-state index >= 15 is 0 Å². The SMILES string of the molecule is c1ccc(-c2ccc(-c3cccc4c3-c3ccccc3C43c4ccccc4-c4c(-c5ccc(-c6ccccc6)c6ccccc56)cccc43)c3ccccc23)cc1. The van der Waals surface area contributed by atoms with Crippen LogP contribution in [0.4, 0.5) is 0 Å². The highest BCUT2D eigenvalue weighted by Gasteiger charge is 2.52. The first-order valence-corrected chi connectivity index (χ1v) is 19.9. The second-order valence-electron chi connectivity index (χ2n) is 15.4. The van der Waals surface area contributed by atoms with Crippen LogP contribution in [0.3, 0.4) is 0 Å². The molecule has 10 aromatic carbocycles. The minimum absolute atomic E-state index is 0.469. The highest BCUT2D eigenvalue weighted by atomic mass is 14.5. The van der Waals surface area contributed by atoms with Crippen LogP contribution < -0.4 is 0 Å². The van der Waals surface area contributed by atoms with Gasteiger partial charge in [-0.15, -0.1) is 0 Å². The molecule has 10 aromatic rings. The summed E-state index contributed by atoms with van der Waals surface area (Å²) in [6.07, 6.45) is 0. The summed E-state index contributed by atoms with van der Waals surface area (Å²) in [5.41, 5.74) is 20.3. The largest absolute Gasteiger partial charge is 0.0725 e. The fourth-order valence-electron chi connectivity index (χ4n) is 10.5. The Morgan fingerprint density at radius 3 is 0.947 bits per heavy atom. The molecule has 0 aromatic heterocycles. The van der Waals surface area contributed by atoms with Crippen LogP contribution in [-0.4, -0.2) is 0 Å². The second-order valence-corrected chi connectivity index (χ2v) is 15.4. The van der Waals surface area contributed by atoms with E-state index in [4.69, 9.17) is 0 Å². The lowest BCUT2D eigenvalue weighted by molar-refractivity contribution is 0.794. The summed E-state index contributed by atoms with van der Waals surface area (Å²) in [5, 5.41) is 5.08. The molecule has 0 nitrogen and oxygen atoms in total. The first-order chi connectivity index (χ1) is 28.3. The maximum atomic E-state index is 2.40. The zero-order valence-corrected chi connectivity index (χ0v) is 31.3. The van der Waals surface area contributed by atoms with Crippen molar-refractivity contribution in [1.82, 2.24) is 0 Å². The van der Waals surface area contributed by atoms with Crippen molar-refractivity contribution < 1.29 is 0 Å². The molecular weight excluding hydrogens is 685 g/mol. The lowest BCUT2D eigenvalue weighted by Crippen LogP contribution is -2.25. The maximum absolute atomic E-state index is 2.40. The third kappa shape index (κ3) is 4.44. The fourth-order valence-corrected chi connectivity index (χ4v) is 10.5. The van der Waals surface area contributed by atoms with E-state index in [0.29, 0.717) is 0 Å². The summed E-state index contributed by atoms with van der Waals surface area (Å²) in [7, 11) is 0. The molecule has 0 bridgehead atoms. The molecule has 2 aliphatic rings. The Balaban J connectivity index is 1.13. The van der Waals surface area contributed by atoms with Gasteiger partial charge in [0.25, 0.3) is 0 Å². The topological polar surface area (TPSA) is 0 Å². The molecule has 264 valence electrons. The molecule has 0 heterocycles. The summed E-state index contributed by atoms with van der Waals surface area (Å²) in [5.74, 6) is 0. The number of hydrogen-bond donors (Lipinski definition) is 0. The molecule has 2 aliphatic carbocycles. The van der Waals surface area contributed by atoms with E-state index in [1.807, 2.05) is 0 Å². The number of benzene rings is 10. The molecule has 57 heavy (non-hydrogen) atoms. The first-order valence-electron chi connectivity index (χ1n) is 19.9. The molecule has 0 N–H and O–H groups in total. The van der Waals surface area contributed by atoms with Gasteiger partial charge in [0.1, 0.15) is 0 Å². The van der Waals surface area contributed by atoms with Gasteiger partial charge in [0.15, 0.2) is 0 Å². The van der Waals surface area contributed by atoms with Crippen molar-refractivity contribution in [2.45, 2.75) is 5.41 Å². The van der Waals surface area contributed by atoms with E-state index in [1.54, 1.807) is 0 Å². The average Bonchev–Trinajstić information content (AvgIpc) is 3.77. The third-order valence-corrected chi connectivity index (χ3v) is 12.7. The Morgan fingerprint density at radius 2 is 0.509 bits per heavy atom. The summed E-state index contributed by atoms with van der Waals surface area (Å²) in [4.78, 5) is 0. The minimum Gasteiger partial charge on any atom is -0.0622 e. The number of rotatable bonds is 4. The van der Waals surface area contributed by atoms with Gasteiger partial charge in [-0.3, -0.25) is 0 Å². The van der Waals surface area contributed by atoms with E-state index < -0.39 is 5.41 Å². The van der Waals surface area contributed by atoms with Crippen LogP contribution in [0.2, 0.25) is 0 Å². The second kappa shape index (κ2) is 12.4. The van der Waals surface area contributed by atoms with Crippen LogP contribution in [0.15, 0.2) is 218 Å². The molecule has 0 heteroatoms. The molecule has 0 radical (unpaired) electrons. The molecule has 0 saturated carbocycles. The Kier molecular flexibility index (Phi) is 6.94. The van der Waals surface area contributed by atoms with Crippen LogP contribution in [0.25, 0.3) is 88.3 Å². The molecule has 0 fully saturated rings. The number of hydrogen-bond acceptors (Lipinski definition) is 0. The van der Waals surface area contributed by atoms with Crippen molar-refractivity contribution in [3.8, 4) is 66.8 Å². The quantitative estimate of drug-likeness (QED) is 0.170. The Morgan fingerprint density at radius 1 is 0.193 bits per heavy atom. The van der Waals surface area contributed by atoms with Crippen LogP contribution >= 0.6 is 0 Å². The van der Waals surface area contributed by atoms with Gasteiger partial charge in [0.05, 0.1) is 5.41 Å². The smallest absolute Gasteiger partial charge is 0.0622 e. The highest BCUT2D eigenvalue weighted by Crippen LogP contribution is 2.65. The highest BCUT2D eigenvalue weighted by molar-refractivity contribution is 6.11. The Hall–Kier alpha value is -7.28. The van der Waals surface area contributed by atoms with E-state index in [2.05, 4.69) is 218 Å². The zero-order valence-electron chi connectivity index (χ0n) is 31.3. The Labute approximate surface area is 333 Å². The van der Waals surface area contributed by atoms with Crippen LogP contribution in [0.1, 0.15) is 22.3 Å². The van der Waals surface area contributed by atoms with Gasteiger partial charge in [-0.25, -0.2) is 0 Å². The van der Waals surface area contributed by atoms with Crippen molar-refractivity contribution in [3.05, 3.63) is 241 Å². The standard InChI is InChI=1S/C57H36/c1-3-17-37(18-4-1)39-33-35-45(43-23-9-7-21-41(39)43)47-27-15-31-53-55(47)49-25-11-13-29-51(49)57(53)52-30-14-12-26-50(52)56-48(28-16-32-54(56)57)46-36-34-40(38-19-5-2-6-20-38)42-22-8-10-24-44(42)46/h1-36H. The van der Waals surface area contributed by atoms with Gasteiger partial charge in [-0.05, 0) is 111 Å². The van der Waals surface area contributed by atoms with E-state index in [9.17, 15) is 0 Å². The van der Waals surface area contributed by atoms with Gasteiger partial charge >= 0.3 is 0 Å². The van der Waals surface area contributed by atoms with E-state index in [0.717, 1.165) is 0 Å². The van der Waals surface area contributed by atoms with Gasteiger partial charge in [0, 0.05) is 0 Å². The van der Waals surface area contributed by atoms with Crippen LogP contribution in [0.5, 0.6) is 0 Å². The molecule has 12 rings (SSSR count). The first kappa shape index (κ1) is 32.0. The van der Waals surface area contributed by atoms with Crippen LogP contribution in [-0.2, 0) is 5.41 Å². The van der Waals surface area contributed by atoms with Gasteiger partial charge in [-0.1, -0.05) is 218 Å². The molecule has 0 unspecified atom stereocenters. The zero-order chi connectivity index (χ0) is 37.5. The van der Waals surface area contributed by atoms with Crippen molar-refractivity contribution >= 4 is 21.5 Å². The van der Waals surface area contributed by atoms with Gasteiger partial charge in [0.2, 0.25) is 0 Å². The summed E-state index contributed by atoms with van der Waals surface area (Å²) < 4.78 is 0. The fraction of sp³-hybridized carbons (Fsp3) is 0.0175. The molecule has 0 saturated heterocycles. The third-order valence-electron chi connectivity index (χ3n) is 12.7. The predicted molar refractivity (Wildman–Crippen MR) is 239 cm³/mol. The Bertz CT molecular complexity index is 3000. The van der Waals surface area contributed by atoms with Crippen LogP contribution in [0, 0.1) is 0 Å². The van der Waals surface area contributed by atoms with Gasteiger partial charge < -0.3 is 0 Å². The minimum atomic E-state index is -0.469. The summed E-state index contributed by atoms with van der Waals surface area (Å²) in [6, 6.07) is 81.2. The molecular formula is C57H36. The molecule has 0 aliphatic heterocycles. The van der Waals surface area contributed by atoms with Crippen molar-refractivity contribution in [2.24, 2.45) is 0 Å². The van der Waals surface area contributed by atoms with Gasteiger partial charge in [-0.2, -0.15) is 0 Å². The normalized spacial score (nSPS) is 13.1. The molecule has 1 spiro atoms. The summed E-state index contributed by atoms with van der Waals surface area (Å²) >= 11 is 0. The number of fused-ring (bicyclic) bond motifs is 12. The summed E-state index contributed by atoms with van der Waals surface area (Å²) in [6.45, 7) is 0. The van der Waals surface area contributed by atoms with Crippen molar-refractivity contribution in [2.75, 3.05) is 0 Å². The molecule has 0 atom stereocenters. The lowest BCUT2D eigenvalue weighted by atomic mass is 9.70. The molecule has 0 amide bonds.